The molecule has 0 aliphatic rings. The lowest BCUT2D eigenvalue weighted by molar-refractivity contribution is -0.136. The number of nitrogens with one attached hydrogen (secondary N) is 1. The Balaban J connectivity index is 2.02. The normalized spacial score (nSPS) is 10.1. The molecule has 1 aromatic carbocycles. The quantitative estimate of drug-likeness (QED) is 0.869. The van der Waals surface area contributed by atoms with E-state index >= 15 is 0 Å². The molecule has 7 heteroatoms. The van der Waals surface area contributed by atoms with Gasteiger partial charge in [-0.1, -0.05) is 16.6 Å². The van der Waals surface area contributed by atoms with Crippen LogP contribution >= 0.6 is 11.5 Å². The predicted molar refractivity (Wildman–Crippen MR) is 70.3 cm³/mol. The van der Waals surface area contributed by atoms with E-state index in [4.69, 9.17) is 5.11 Å². The number of aryl methyl sites for hydroxylation is 1. The molecule has 2 N–H and O–H groups in total. The summed E-state index contributed by atoms with van der Waals surface area (Å²) in [5.41, 5.74) is 1.49. The van der Waals surface area contributed by atoms with Crippen molar-refractivity contribution in [2.45, 2.75) is 12.8 Å². The van der Waals surface area contributed by atoms with Crippen molar-refractivity contribution in [1.82, 2.24) is 9.59 Å². The highest BCUT2D eigenvalue weighted by Gasteiger charge is 2.09. The summed E-state index contributed by atoms with van der Waals surface area (Å²) in [6.07, 6.45) is 1.89. The minimum absolute atomic E-state index is 0.0656. The SMILES string of the molecule is O=C(O)CCc1cccc(NC(=O)c2cnns2)c1. The van der Waals surface area contributed by atoms with E-state index < -0.39 is 5.97 Å². The van der Waals surface area contributed by atoms with Crippen molar-refractivity contribution in [3.63, 3.8) is 0 Å². The Hall–Kier alpha value is -2.28. The summed E-state index contributed by atoms with van der Waals surface area (Å²) in [7, 11) is 0. The van der Waals surface area contributed by atoms with E-state index in [-0.39, 0.29) is 12.3 Å². The average molecular weight is 277 g/mol. The summed E-state index contributed by atoms with van der Waals surface area (Å²) in [4.78, 5) is 22.7. The van der Waals surface area contributed by atoms with Gasteiger partial charge in [-0.2, -0.15) is 0 Å². The second kappa shape index (κ2) is 6.05. The van der Waals surface area contributed by atoms with Gasteiger partial charge in [0.15, 0.2) is 0 Å². The van der Waals surface area contributed by atoms with Crippen LogP contribution in [0, 0.1) is 0 Å². The Bertz CT molecular complexity index is 584. The molecule has 0 spiro atoms. The van der Waals surface area contributed by atoms with Crippen LogP contribution in [0.2, 0.25) is 0 Å². The van der Waals surface area contributed by atoms with Crippen LogP contribution in [0.3, 0.4) is 0 Å². The van der Waals surface area contributed by atoms with E-state index in [9.17, 15) is 9.59 Å². The number of hydrogen-bond donors (Lipinski definition) is 2. The molecule has 2 aromatic rings. The average Bonchev–Trinajstić information content (AvgIpc) is 2.91. The van der Waals surface area contributed by atoms with Gasteiger partial charge in [-0.3, -0.25) is 9.59 Å². The van der Waals surface area contributed by atoms with Crippen LogP contribution in [0.1, 0.15) is 21.7 Å². The first kappa shape index (κ1) is 13.2. The largest absolute Gasteiger partial charge is 0.481 e. The van der Waals surface area contributed by atoms with Crippen LogP contribution < -0.4 is 5.32 Å². The van der Waals surface area contributed by atoms with Crippen LogP contribution in [0.25, 0.3) is 0 Å². The molecule has 2 rings (SSSR count). The zero-order valence-corrected chi connectivity index (χ0v) is 10.7. The van der Waals surface area contributed by atoms with E-state index in [1.807, 2.05) is 6.07 Å². The molecule has 0 radical (unpaired) electrons. The fourth-order valence-electron chi connectivity index (χ4n) is 1.52. The lowest BCUT2D eigenvalue weighted by Gasteiger charge is -2.05. The minimum atomic E-state index is -0.842. The molecule has 0 saturated heterocycles. The molecule has 0 aliphatic carbocycles. The van der Waals surface area contributed by atoms with Crippen LogP contribution in [-0.2, 0) is 11.2 Å². The molecule has 1 amide bonds. The molecule has 19 heavy (non-hydrogen) atoms. The number of rotatable bonds is 5. The highest BCUT2D eigenvalue weighted by molar-refractivity contribution is 7.07. The molecule has 0 atom stereocenters. The summed E-state index contributed by atoms with van der Waals surface area (Å²) in [5, 5.41) is 14.9. The summed E-state index contributed by atoms with van der Waals surface area (Å²) >= 11 is 1.02. The van der Waals surface area contributed by atoms with Crippen molar-refractivity contribution < 1.29 is 14.7 Å². The molecule has 0 saturated carbocycles. The first-order valence-electron chi connectivity index (χ1n) is 5.54. The number of carbonyl (C=O) groups excluding carboxylic acids is 1. The topological polar surface area (TPSA) is 92.2 Å². The zero-order valence-electron chi connectivity index (χ0n) is 9.87. The molecule has 1 aromatic heterocycles. The third-order valence-corrected chi connectivity index (χ3v) is 3.06. The zero-order chi connectivity index (χ0) is 13.7. The lowest BCUT2D eigenvalue weighted by atomic mass is 10.1. The second-order valence-corrected chi connectivity index (χ2v) is 4.62. The number of amides is 1. The first-order chi connectivity index (χ1) is 9.15. The predicted octanol–water partition coefficient (Wildman–Crippen LogP) is 1.81. The third kappa shape index (κ3) is 3.85. The van der Waals surface area contributed by atoms with E-state index in [0.29, 0.717) is 17.0 Å². The number of carbonyl (C=O) groups is 2. The van der Waals surface area contributed by atoms with E-state index in [0.717, 1.165) is 17.1 Å². The highest BCUT2D eigenvalue weighted by Crippen LogP contribution is 2.14. The Morgan fingerprint density at radius 2 is 2.21 bits per heavy atom. The number of benzene rings is 1. The van der Waals surface area contributed by atoms with Crippen molar-refractivity contribution in [3.05, 3.63) is 40.9 Å². The van der Waals surface area contributed by atoms with Crippen molar-refractivity contribution in [3.8, 4) is 0 Å². The number of nitrogens with zero attached hydrogens (tertiary/aromatic N) is 2. The molecule has 0 aliphatic heterocycles. The van der Waals surface area contributed by atoms with Crippen LogP contribution in [-0.4, -0.2) is 26.6 Å². The lowest BCUT2D eigenvalue weighted by Crippen LogP contribution is -2.10. The van der Waals surface area contributed by atoms with Crippen molar-refractivity contribution in [2.75, 3.05) is 5.32 Å². The number of carboxylic acids is 1. The Morgan fingerprint density at radius 3 is 2.89 bits per heavy atom. The van der Waals surface area contributed by atoms with Gasteiger partial charge in [-0.15, -0.1) is 5.10 Å². The van der Waals surface area contributed by atoms with Crippen LogP contribution in [0.15, 0.2) is 30.5 Å². The Labute approximate surface area is 113 Å². The van der Waals surface area contributed by atoms with E-state index in [1.54, 1.807) is 18.2 Å². The van der Waals surface area contributed by atoms with Gasteiger partial charge in [-0.05, 0) is 35.6 Å². The standard InChI is InChI=1S/C12H11N3O3S/c16-11(17)5-4-8-2-1-3-9(6-8)14-12(18)10-7-13-15-19-10/h1-3,6-7H,4-5H2,(H,14,18)(H,16,17). The number of hydrogen-bond acceptors (Lipinski definition) is 5. The van der Waals surface area contributed by atoms with Crippen LogP contribution in [0.4, 0.5) is 5.69 Å². The first-order valence-corrected chi connectivity index (χ1v) is 6.32. The summed E-state index contributed by atoms with van der Waals surface area (Å²) in [6.45, 7) is 0. The van der Waals surface area contributed by atoms with Gasteiger partial charge in [0.05, 0.1) is 6.20 Å². The summed E-state index contributed by atoms with van der Waals surface area (Å²) in [5.74, 6) is -1.12. The van der Waals surface area contributed by atoms with Gasteiger partial charge in [0.2, 0.25) is 0 Å². The van der Waals surface area contributed by atoms with Gasteiger partial charge in [0.1, 0.15) is 4.88 Å². The number of aliphatic carboxylic acids is 1. The monoisotopic (exact) mass is 277 g/mol. The molecule has 1 heterocycles. The Morgan fingerprint density at radius 1 is 1.37 bits per heavy atom. The minimum Gasteiger partial charge on any atom is -0.481 e. The van der Waals surface area contributed by atoms with Gasteiger partial charge in [0, 0.05) is 12.1 Å². The smallest absolute Gasteiger partial charge is 0.303 e. The van der Waals surface area contributed by atoms with Crippen molar-refractivity contribution >= 4 is 29.1 Å². The fraction of sp³-hybridized carbons (Fsp3) is 0.167. The second-order valence-electron chi connectivity index (χ2n) is 3.83. The van der Waals surface area contributed by atoms with Gasteiger partial charge in [0.25, 0.3) is 5.91 Å². The van der Waals surface area contributed by atoms with Crippen molar-refractivity contribution in [2.24, 2.45) is 0 Å². The third-order valence-electron chi connectivity index (χ3n) is 2.40. The maximum Gasteiger partial charge on any atom is 0.303 e. The highest BCUT2D eigenvalue weighted by atomic mass is 32.1. The molecular formula is C12H11N3O3S. The number of anilines is 1. The molecule has 98 valence electrons. The molecular weight excluding hydrogens is 266 g/mol. The molecule has 6 nitrogen and oxygen atoms in total. The summed E-state index contributed by atoms with van der Waals surface area (Å²) in [6, 6.07) is 7.11. The molecule has 0 bridgehead atoms. The molecule has 0 unspecified atom stereocenters. The molecule has 0 fully saturated rings. The van der Waals surface area contributed by atoms with Gasteiger partial charge in [-0.25, -0.2) is 0 Å². The Kier molecular flexibility index (Phi) is 4.19. The van der Waals surface area contributed by atoms with Gasteiger partial charge >= 0.3 is 5.97 Å². The van der Waals surface area contributed by atoms with Gasteiger partial charge < -0.3 is 10.4 Å². The van der Waals surface area contributed by atoms with Crippen molar-refractivity contribution in [1.29, 1.82) is 0 Å². The summed E-state index contributed by atoms with van der Waals surface area (Å²) < 4.78 is 3.62. The maximum atomic E-state index is 11.8. The van der Waals surface area contributed by atoms with E-state index in [2.05, 4.69) is 14.9 Å². The van der Waals surface area contributed by atoms with E-state index in [1.165, 1.54) is 6.20 Å². The number of carboxylic acid groups (broad SMARTS) is 1. The maximum absolute atomic E-state index is 11.8. The number of aromatic nitrogens is 2. The van der Waals surface area contributed by atoms with Crippen LogP contribution in [0.5, 0.6) is 0 Å². The fourth-order valence-corrected chi connectivity index (χ4v) is 1.93.